The molecule has 9 aromatic carbocycles. The van der Waals surface area contributed by atoms with E-state index in [9.17, 15) is 0 Å². The second-order valence-electron chi connectivity index (χ2n) is 13.3. The molecule has 0 atom stereocenters. The fourth-order valence-electron chi connectivity index (χ4n) is 7.54. The molecule has 0 saturated heterocycles. The Hall–Kier alpha value is -7.10. The summed E-state index contributed by atoms with van der Waals surface area (Å²) in [5, 5.41) is 4.38. The van der Waals surface area contributed by atoms with E-state index in [2.05, 4.69) is 175 Å². The van der Waals surface area contributed by atoms with Crippen LogP contribution in [0.1, 0.15) is 0 Å². The minimum atomic E-state index is 0.663. The maximum Gasteiger partial charge on any atom is 0.172 e. The van der Waals surface area contributed by atoms with Crippen LogP contribution in [0.25, 0.3) is 54.9 Å². The summed E-state index contributed by atoms with van der Waals surface area (Å²) < 4.78 is 13.2. The van der Waals surface area contributed by atoms with Crippen molar-refractivity contribution in [2.75, 3.05) is 4.90 Å². The molecule has 0 unspecified atom stereocenters. The van der Waals surface area contributed by atoms with Crippen LogP contribution in [0.4, 0.5) is 17.1 Å². The van der Waals surface area contributed by atoms with Crippen LogP contribution >= 0.6 is 0 Å². The molecule has 0 fully saturated rings. The number of fused-ring (bicyclic) bond motifs is 2. The Morgan fingerprint density at radius 3 is 1.51 bits per heavy atom. The van der Waals surface area contributed by atoms with Gasteiger partial charge in [-0.15, -0.1) is 0 Å². The average molecular weight is 680 g/mol. The molecule has 0 amide bonds. The van der Waals surface area contributed by atoms with Crippen molar-refractivity contribution in [1.29, 1.82) is 0 Å². The van der Waals surface area contributed by atoms with Crippen molar-refractivity contribution in [3.8, 4) is 56.4 Å². The van der Waals surface area contributed by atoms with E-state index >= 15 is 0 Å². The largest absolute Gasteiger partial charge is 0.453 e. The molecule has 0 bridgehead atoms. The molecule has 53 heavy (non-hydrogen) atoms. The van der Waals surface area contributed by atoms with Crippen molar-refractivity contribution >= 4 is 38.6 Å². The van der Waals surface area contributed by atoms with Gasteiger partial charge in [0.1, 0.15) is 11.5 Å². The molecule has 250 valence electrons. The van der Waals surface area contributed by atoms with Gasteiger partial charge in [0, 0.05) is 17.1 Å². The highest BCUT2D eigenvalue weighted by Crippen LogP contribution is 2.49. The zero-order valence-corrected chi connectivity index (χ0v) is 28.8. The number of nitrogens with zero attached hydrogens (tertiary/aromatic N) is 1. The van der Waals surface area contributed by atoms with E-state index in [4.69, 9.17) is 9.47 Å². The van der Waals surface area contributed by atoms with Crippen molar-refractivity contribution in [3.63, 3.8) is 0 Å². The lowest BCUT2D eigenvalue weighted by Crippen LogP contribution is -2.11. The van der Waals surface area contributed by atoms with Crippen LogP contribution in [0.3, 0.4) is 0 Å². The number of hydrogen-bond acceptors (Lipinski definition) is 3. The van der Waals surface area contributed by atoms with Gasteiger partial charge in [-0.05, 0) is 86.6 Å². The fraction of sp³-hybridized carbons (Fsp3) is 0. The van der Waals surface area contributed by atoms with Gasteiger partial charge in [-0.1, -0.05) is 152 Å². The molecule has 3 heteroatoms. The van der Waals surface area contributed by atoms with Crippen LogP contribution in [-0.2, 0) is 0 Å². The van der Waals surface area contributed by atoms with Crippen molar-refractivity contribution in [1.82, 2.24) is 0 Å². The third-order valence-corrected chi connectivity index (χ3v) is 10.1. The van der Waals surface area contributed by atoms with Gasteiger partial charge in [0.25, 0.3) is 0 Å². The van der Waals surface area contributed by atoms with Gasteiger partial charge in [0.15, 0.2) is 11.5 Å². The number of ether oxygens (including phenoxy) is 2. The normalized spacial score (nSPS) is 11.7. The Bertz CT molecular complexity index is 2750. The Balaban J connectivity index is 1.11. The Labute approximate surface area is 308 Å². The molecule has 3 nitrogen and oxygen atoms in total. The monoisotopic (exact) mass is 679 g/mol. The van der Waals surface area contributed by atoms with Gasteiger partial charge in [-0.25, -0.2) is 0 Å². The topological polar surface area (TPSA) is 21.7 Å². The molecule has 0 saturated carbocycles. The summed E-state index contributed by atoms with van der Waals surface area (Å²) in [4.78, 5) is 2.32. The van der Waals surface area contributed by atoms with Crippen molar-refractivity contribution < 1.29 is 9.47 Å². The highest BCUT2D eigenvalue weighted by atomic mass is 16.5. The summed E-state index contributed by atoms with van der Waals surface area (Å²) in [6.07, 6.45) is 0. The van der Waals surface area contributed by atoms with E-state index < -0.39 is 0 Å². The number of hydrogen-bond donors (Lipinski definition) is 0. The molecule has 1 heterocycles. The SMILES string of the molecule is c1ccc(-c2ccc(-c3ccc(N(c4ccc(-c5ccccc5)cc4)c4ccc5c(c4)Oc4cccc6cccc(c46)O5)c4ccccc34)cc2)cc1. The van der Waals surface area contributed by atoms with E-state index in [1.165, 1.54) is 33.2 Å². The quantitative estimate of drug-likeness (QED) is 0.175. The Kier molecular flexibility index (Phi) is 7.47. The Morgan fingerprint density at radius 1 is 0.321 bits per heavy atom. The van der Waals surface area contributed by atoms with Crippen LogP contribution in [0, 0.1) is 0 Å². The molecule has 0 spiro atoms. The minimum absolute atomic E-state index is 0.663. The molecule has 0 radical (unpaired) electrons. The molecular weight excluding hydrogens is 647 g/mol. The molecule has 9 aromatic rings. The lowest BCUT2D eigenvalue weighted by atomic mass is 9.94. The maximum absolute atomic E-state index is 6.67. The van der Waals surface area contributed by atoms with E-state index in [0.717, 1.165) is 50.3 Å². The minimum Gasteiger partial charge on any atom is -0.453 e. The van der Waals surface area contributed by atoms with Crippen molar-refractivity contribution in [3.05, 3.63) is 200 Å². The fourth-order valence-corrected chi connectivity index (χ4v) is 7.54. The highest BCUT2D eigenvalue weighted by Gasteiger charge is 2.23. The first-order chi connectivity index (χ1) is 26.3. The molecule has 0 N–H and O–H groups in total. The standard InChI is InChI=1S/C50H33NO2/c1-3-11-34(12-4-1)36-21-23-38(24-22-36)42-30-31-45(44-18-8-7-17-43(42)44)51(40-27-25-37(26-28-40)35-13-5-2-6-14-35)41-29-32-46-49(33-41)53-48-20-10-16-39-15-9-19-47(52-46)50(39)48/h1-33H. The first kappa shape index (κ1) is 30.7. The summed E-state index contributed by atoms with van der Waals surface area (Å²) in [7, 11) is 0. The van der Waals surface area contributed by atoms with Crippen molar-refractivity contribution in [2.24, 2.45) is 0 Å². The lowest BCUT2D eigenvalue weighted by molar-refractivity contribution is 0.439. The second-order valence-corrected chi connectivity index (χ2v) is 13.3. The summed E-state index contributed by atoms with van der Waals surface area (Å²) in [6, 6.07) is 70.4. The van der Waals surface area contributed by atoms with Crippen LogP contribution in [-0.4, -0.2) is 0 Å². The lowest BCUT2D eigenvalue weighted by Gasteiger charge is -2.28. The molecule has 0 aliphatic carbocycles. The van der Waals surface area contributed by atoms with Gasteiger partial charge < -0.3 is 14.4 Å². The molecule has 0 aromatic heterocycles. The van der Waals surface area contributed by atoms with E-state index in [1.54, 1.807) is 0 Å². The highest BCUT2D eigenvalue weighted by molar-refractivity contribution is 6.06. The zero-order valence-electron chi connectivity index (χ0n) is 28.8. The number of benzene rings is 9. The molecule has 10 rings (SSSR count). The van der Waals surface area contributed by atoms with Gasteiger partial charge in [0.2, 0.25) is 0 Å². The third-order valence-electron chi connectivity index (χ3n) is 10.1. The van der Waals surface area contributed by atoms with E-state index in [0.29, 0.717) is 11.5 Å². The number of rotatable bonds is 6. The summed E-state index contributed by atoms with van der Waals surface area (Å²) in [5.74, 6) is 2.91. The molecule has 1 aliphatic heterocycles. The van der Waals surface area contributed by atoms with Crippen LogP contribution in [0.15, 0.2) is 200 Å². The van der Waals surface area contributed by atoms with Crippen molar-refractivity contribution in [2.45, 2.75) is 0 Å². The third kappa shape index (κ3) is 5.56. The van der Waals surface area contributed by atoms with Gasteiger partial charge in [-0.3, -0.25) is 0 Å². The predicted molar refractivity (Wildman–Crippen MR) is 219 cm³/mol. The van der Waals surface area contributed by atoms with E-state index in [-0.39, 0.29) is 0 Å². The first-order valence-corrected chi connectivity index (χ1v) is 17.9. The summed E-state index contributed by atoms with van der Waals surface area (Å²) in [6.45, 7) is 0. The van der Waals surface area contributed by atoms with Crippen LogP contribution < -0.4 is 14.4 Å². The predicted octanol–water partition coefficient (Wildman–Crippen LogP) is 14.4. The Morgan fingerprint density at radius 2 is 0.849 bits per heavy atom. The number of anilines is 3. The summed E-state index contributed by atoms with van der Waals surface area (Å²) >= 11 is 0. The molecular formula is C50H33NO2. The zero-order chi connectivity index (χ0) is 35.1. The first-order valence-electron chi connectivity index (χ1n) is 17.9. The molecule has 1 aliphatic rings. The van der Waals surface area contributed by atoms with Gasteiger partial charge in [-0.2, -0.15) is 0 Å². The average Bonchev–Trinajstić information content (AvgIpc) is 3.39. The van der Waals surface area contributed by atoms with Gasteiger partial charge in [0.05, 0.1) is 16.8 Å². The van der Waals surface area contributed by atoms with Crippen LogP contribution in [0.5, 0.6) is 23.0 Å². The smallest absolute Gasteiger partial charge is 0.172 e. The summed E-state index contributed by atoms with van der Waals surface area (Å²) in [5.41, 5.74) is 10.2. The van der Waals surface area contributed by atoms with E-state index in [1.807, 2.05) is 30.3 Å². The maximum atomic E-state index is 6.67. The van der Waals surface area contributed by atoms with Gasteiger partial charge >= 0.3 is 0 Å². The van der Waals surface area contributed by atoms with Crippen LogP contribution in [0.2, 0.25) is 0 Å². The second kappa shape index (κ2) is 12.9.